The van der Waals surface area contributed by atoms with E-state index in [0.717, 1.165) is 13.1 Å². The van der Waals surface area contributed by atoms with Gasteiger partial charge in [0.05, 0.1) is 0 Å². The summed E-state index contributed by atoms with van der Waals surface area (Å²) < 4.78 is 5.60. The van der Waals surface area contributed by atoms with Crippen LogP contribution >= 0.6 is 0 Å². The molecule has 0 aliphatic carbocycles. The number of nitrogens with zero attached hydrogens (tertiary/aromatic N) is 2. The molecular formula is C16H27N3O2. The molecule has 1 aliphatic heterocycles. The molecule has 5 nitrogen and oxygen atoms in total. The predicted octanol–water partition coefficient (Wildman–Crippen LogP) is 1.03. The van der Waals surface area contributed by atoms with Crippen molar-refractivity contribution in [3.05, 3.63) is 24.3 Å². The van der Waals surface area contributed by atoms with Crippen molar-refractivity contribution >= 4 is 5.69 Å². The number of hydrogen-bond donors (Lipinski definition) is 2. The van der Waals surface area contributed by atoms with Gasteiger partial charge in [-0.05, 0) is 45.6 Å². The van der Waals surface area contributed by atoms with E-state index in [1.807, 2.05) is 18.2 Å². The minimum absolute atomic E-state index is 0.298. The molecule has 2 rings (SSSR count). The number of ether oxygens (including phenoxy) is 1. The van der Waals surface area contributed by atoms with Gasteiger partial charge < -0.3 is 20.5 Å². The van der Waals surface area contributed by atoms with Crippen LogP contribution in [0.1, 0.15) is 12.8 Å². The average Bonchev–Trinajstić information content (AvgIpc) is 2.45. The van der Waals surface area contributed by atoms with Gasteiger partial charge in [0.2, 0.25) is 0 Å². The van der Waals surface area contributed by atoms with Gasteiger partial charge in [-0.3, -0.25) is 4.90 Å². The third-order valence-electron chi connectivity index (χ3n) is 3.98. The summed E-state index contributed by atoms with van der Waals surface area (Å²) in [6, 6.07) is 7.88. The largest absolute Gasteiger partial charge is 0.491 e. The van der Waals surface area contributed by atoms with E-state index < -0.39 is 6.10 Å². The predicted molar refractivity (Wildman–Crippen MR) is 85.5 cm³/mol. The Morgan fingerprint density at radius 3 is 3.00 bits per heavy atom. The Morgan fingerprint density at radius 1 is 1.48 bits per heavy atom. The van der Waals surface area contributed by atoms with E-state index in [1.54, 1.807) is 6.07 Å². The third-order valence-corrected chi connectivity index (χ3v) is 3.98. The molecule has 1 heterocycles. The Hall–Kier alpha value is -1.30. The van der Waals surface area contributed by atoms with Gasteiger partial charge in [0, 0.05) is 30.9 Å². The monoisotopic (exact) mass is 293 g/mol. The van der Waals surface area contributed by atoms with Crippen molar-refractivity contribution < 1.29 is 9.84 Å². The highest BCUT2D eigenvalue weighted by Gasteiger charge is 2.23. The first-order valence-electron chi connectivity index (χ1n) is 7.60. The highest BCUT2D eigenvalue weighted by atomic mass is 16.5. The summed E-state index contributed by atoms with van der Waals surface area (Å²) in [5.41, 5.74) is 6.38. The first-order chi connectivity index (χ1) is 10.0. The second kappa shape index (κ2) is 7.64. The van der Waals surface area contributed by atoms with Crippen molar-refractivity contribution in [2.75, 3.05) is 46.1 Å². The zero-order chi connectivity index (χ0) is 15.2. The number of likely N-dealkylation sites (tertiary alicyclic amines) is 1. The van der Waals surface area contributed by atoms with Gasteiger partial charge in [0.15, 0.2) is 0 Å². The normalized spacial score (nSPS) is 21.4. The van der Waals surface area contributed by atoms with Gasteiger partial charge in [-0.25, -0.2) is 0 Å². The van der Waals surface area contributed by atoms with Crippen LogP contribution in [0.2, 0.25) is 0 Å². The number of aliphatic hydroxyl groups excluding tert-OH is 1. The second-order valence-electron chi connectivity index (χ2n) is 6.06. The Bertz CT molecular complexity index is 439. The summed E-state index contributed by atoms with van der Waals surface area (Å²) in [6.07, 6.45) is 1.94. The molecule has 0 radical (unpaired) electrons. The fraction of sp³-hybridized carbons (Fsp3) is 0.625. The third kappa shape index (κ3) is 5.19. The number of likely N-dealkylation sites (N-methyl/N-ethyl adjacent to an activating group) is 1. The Labute approximate surface area is 127 Å². The first-order valence-corrected chi connectivity index (χ1v) is 7.60. The van der Waals surface area contributed by atoms with Crippen LogP contribution in [0.25, 0.3) is 0 Å². The molecule has 118 valence electrons. The zero-order valence-electron chi connectivity index (χ0n) is 13.0. The number of piperidine rings is 1. The number of nitrogens with two attached hydrogens (primary N) is 1. The molecule has 5 heteroatoms. The van der Waals surface area contributed by atoms with Crippen molar-refractivity contribution in [3.8, 4) is 5.75 Å². The van der Waals surface area contributed by atoms with Crippen LogP contribution in [0.5, 0.6) is 5.75 Å². The molecule has 1 aromatic rings. The summed E-state index contributed by atoms with van der Waals surface area (Å²) in [4.78, 5) is 4.59. The van der Waals surface area contributed by atoms with E-state index in [9.17, 15) is 5.11 Å². The molecule has 0 spiro atoms. The lowest BCUT2D eigenvalue weighted by molar-refractivity contribution is 0.0456. The summed E-state index contributed by atoms with van der Waals surface area (Å²) in [5.74, 6) is 0.707. The number of hydrogen-bond acceptors (Lipinski definition) is 5. The van der Waals surface area contributed by atoms with Crippen molar-refractivity contribution in [2.24, 2.45) is 0 Å². The summed E-state index contributed by atoms with van der Waals surface area (Å²) in [5, 5.41) is 10.1. The highest BCUT2D eigenvalue weighted by Crippen LogP contribution is 2.16. The van der Waals surface area contributed by atoms with E-state index in [2.05, 4.69) is 23.9 Å². The van der Waals surface area contributed by atoms with Crippen molar-refractivity contribution in [1.29, 1.82) is 0 Å². The molecule has 1 aromatic carbocycles. The number of aliphatic hydroxyl groups is 1. The maximum absolute atomic E-state index is 10.1. The smallest absolute Gasteiger partial charge is 0.121 e. The van der Waals surface area contributed by atoms with E-state index >= 15 is 0 Å². The van der Waals surface area contributed by atoms with E-state index in [-0.39, 0.29) is 0 Å². The van der Waals surface area contributed by atoms with Gasteiger partial charge >= 0.3 is 0 Å². The lowest BCUT2D eigenvalue weighted by atomic mass is 10.0. The molecule has 3 N–H and O–H groups in total. The van der Waals surface area contributed by atoms with Crippen molar-refractivity contribution in [2.45, 2.75) is 25.0 Å². The number of nitrogen functional groups attached to an aromatic ring is 1. The molecule has 0 amide bonds. The van der Waals surface area contributed by atoms with Gasteiger partial charge in [-0.15, -0.1) is 0 Å². The maximum atomic E-state index is 10.1. The number of rotatable bonds is 6. The molecular weight excluding hydrogens is 266 g/mol. The lowest BCUT2D eigenvalue weighted by Crippen LogP contribution is -2.48. The average molecular weight is 293 g/mol. The molecule has 2 unspecified atom stereocenters. The number of benzene rings is 1. The minimum atomic E-state index is -0.479. The topological polar surface area (TPSA) is 62.0 Å². The Kier molecular flexibility index (Phi) is 5.85. The number of anilines is 1. The molecule has 0 aromatic heterocycles. The molecule has 0 saturated carbocycles. The SMILES string of the molecule is CN(C)C1CCCN(CC(O)COc2cccc(N)c2)C1. The van der Waals surface area contributed by atoms with Gasteiger partial charge in [-0.2, -0.15) is 0 Å². The van der Waals surface area contributed by atoms with Crippen molar-refractivity contribution in [1.82, 2.24) is 9.80 Å². The quantitative estimate of drug-likeness (QED) is 0.767. The molecule has 0 bridgehead atoms. The lowest BCUT2D eigenvalue weighted by Gasteiger charge is -2.36. The van der Waals surface area contributed by atoms with Crippen LogP contribution < -0.4 is 10.5 Å². The molecule has 2 atom stereocenters. The van der Waals surface area contributed by atoms with Crippen LogP contribution in [0.15, 0.2) is 24.3 Å². The van der Waals surface area contributed by atoms with Crippen LogP contribution in [0, 0.1) is 0 Å². The van der Waals surface area contributed by atoms with Crippen molar-refractivity contribution in [3.63, 3.8) is 0 Å². The summed E-state index contributed by atoms with van der Waals surface area (Å²) >= 11 is 0. The molecule has 21 heavy (non-hydrogen) atoms. The summed E-state index contributed by atoms with van der Waals surface area (Å²) in [6.45, 7) is 3.03. The maximum Gasteiger partial charge on any atom is 0.121 e. The number of β-amino-alcohol motifs (C(OH)–C–C–N with tert-alkyl or cyclic N) is 1. The van der Waals surface area contributed by atoms with Crippen LogP contribution in [-0.4, -0.2) is 67.4 Å². The van der Waals surface area contributed by atoms with Crippen LogP contribution in [0.4, 0.5) is 5.69 Å². The minimum Gasteiger partial charge on any atom is -0.491 e. The van der Waals surface area contributed by atoms with E-state index in [1.165, 1.54) is 12.8 Å². The molecule has 1 saturated heterocycles. The first kappa shape index (κ1) is 16.1. The van der Waals surface area contributed by atoms with Gasteiger partial charge in [0.25, 0.3) is 0 Å². The van der Waals surface area contributed by atoms with Gasteiger partial charge in [-0.1, -0.05) is 6.07 Å². The zero-order valence-corrected chi connectivity index (χ0v) is 13.0. The Morgan fingerprint density at radius 2 is 2.29 bits per heavy atom. The summed E-state index contributed by atoms with van der Waals surface area (Å²) in [7, 11) is 4.24. The molecule has 1 aliphatic rings. The van der Waals surface area contributed by atoms with E-state index in [0.29, 0.717) is 30.6 Å². The fourth-order valence-electron chi connectivity index (χ4n) is 2.77. The van der Waals surface area contributed by atoms with Gasteiger partial charge in [0.1, 0.15) is 18.5 Å². The van der Waals surface area contributed by atoms with E-state index in [4.69, 9.17) is 10.5 Å². The Balaban J connectivity index is 1.75. The van der Waals surface area contributed by atoms with Crippen LogP contribution in [-0.2, 0) is 0 Å². The van der Waals surface area contributed by atoms with Crippen LogP contribution in [0.3, 0.4) is 0 Å². The highest BCUT2D eigenvalue weighted by molar-refractivity contribution is 5.43. The fourth-order valence-corrected chi connectivity index (χ4v) is 2.77. The standard InChI is InChI=1S/C16H27N3O2/c1-18(2)14-6-4-8-19(10-14)11-15(20)12-21-16-7-3-5-13(17)9-16/h3,5,7,9,14-15,20H,4,6,8,10-12,17H2,1-2H3. The second-order valence-corrected chi connectivity index (χ2v) is 6.06. The molecule has 1 fully saturated rings.